The number of hydrogen-bond acceptors (Lipinski definition) is 2. The van der Waals surface area contributed by atoms with Crippen LogP contribution in [-0.4, -0.2) is 34.5 Å². The molecule has 1 atom stereocenters. The highest BCUT2D eigenvalue weighted by Crippen LogP contribution is 2.22. The summed E-state index contributed by atoms with van der Waals surface area (Å²) in [6, 6.07) is 0. The Kier molecular flexibility index (Phi) is 4.15. The number of imidazole rings is 1. The molecular formula is C10H16ClN3O. The standard InChI is InChI=1S/C10H16ClN3O/c1-4-5-14-7-12-6-8(14)9(11)10(15)13(2)3/h6-7,9H,4-5H2,1-3H3. The van der Waals surface area contributed by atoms with E-state index in [1.807, 2.05) is 4.57 Å². The molecule has 4 nitrogen and oxygen atoms in total. The smallest absolute Gasteiger partial charge is 0.246 e. The number of aromatic nitrogens is 2. The Bertz CT molecular complexity index is 335. The van der Waals surface area contributed by atoms with Crippen LogP contribution in [0.5, 0.6) is 0 Å². The number of likely N-dealkylation sites (N-methyl/N-ethyl adjacent to an activating group) is 1. The van der Waals surface area contributed by atoms with Gasteiger partial charge in [0, 0.05) is 20.6 Å². The van der Waals surface area contributed by atoms with Gasteiger partial charge < -0.3 is 9.47 Å². The van der Waals surface area contributed by atoms with Crippen LogP contribution in [0.4, 0.5) is 0 Å². The fourth-order valence-electron chi connectivity index (χ4n) is 1.32. The highest BCUT2D eigenvalue weighted by molar-refractivity contribution is 6.30. The molecule has 0 N–H and O–H groups in total. The van der Waals surface area contributed by atoms with Gasteiger partial charge in [0.25, 0.3) is 0 Å². The molecule has 0 radical (unpaired) electrons. The second-order valence-corrected chi connectivity index (χ2v) is 4.04. The van der Waals surface area contributed by atoms with Gasteiger partial charge in [-0.2, -0.15) is 0 Å². The summed E-state index contributed by atoms with van der Waals surface area (Å²) in [5.41, 5.74) is 0.761. The van der Waals surface area contributed by atoms with Crippen LogP contribution in [-0.2, 0) is 11.3 Å². The van der Waals surface area contributed by atoms with E-state index in [2.05, 4.69) is 11.9 Å². The molecule has 1 amide bonds. The van der Waals surface area contributed by atoms with Crippen LogP contribution < -0.4 is 0 Å². The van der Waals surface area contributed by atoms with Gasteiger partial charge in [-0.1, -0.05) is 6.92 Å². The number of aryl methyl sites for hydroxylation is 1. The topological polar surface area (TPSA) is 38.1 Å². The van der Waals surface area contributed by atoms with Crippen molar-refractivity contribution in [2.45, 2.75) is 25.3 Å². The van der Waals surface area contributed by atoms with Crippen LogP contribution in [0.3, 0.4) is 0 Å². The van der Waals surface area contributed by atoms with Crippen LogP contribution in [0.15, 0.2) is 12.5 Å². The lowest BCUT2D eigenvalue weighted by Gasteiger charge is -2.16. The summed E-state index contributed by atoms with van der Waals surface area (Å²) >= 11 is 6.08. The second kappa shape index (κ2) is 5.16. The summed E-state index contributed by atoms with van der Waals surface area (Å²) in [7, 11) is 3.39. The molecule has 15 heavy (non-hydrogen) atoms. The van der Waals surface area contributed by atoms with E-state index >= 15 is 0 Å². The average Bonchev–Trinajstić information content (AvgIpc) is 2.64. The van der Waals surface area contributed by atoms with Crippen molar-refractivity contribution >= 4 is 17.5 Å². The molecule has 0 spiro atoms. The predicted octanol–water partition coefficient (Wildman–Crippen LogP) is 1.66. The fourth-order valence-corrected chi connectivity index (χ4v) is 1.70. The van der Waals surface area contributed by atoms with Crippen LogP contribution in [0.25, 0.3) is 0 Å². The van der Waals surface area contributed by atoms with E-state index < -0.39 is 5.38 Å². The van der Waals surface area contributed by atoms with Gasteiger partial charge in [0.2, 0.25) is 5.91 Å². The molecule has 1 unspecified atom stereocenters. The first kappa shape index (κ1) is 12.0. The molecular weight excluding hydrogens is 214 g/mol. The van der Waals surface area contributed by atoms with Gasteiger partial charge in [-0.05, 0) is 6.42 Å². The number of carbonyl (C=O) groups is 1. The monoisotopic (exact) mass is 229 g/mol. The van der Waals surface area contributed by atoms with E-state index in [1.54, 1.807) is 26.6 Å². The van der Waals surface area contributed by atoms with Crippen molar-refractivity contribution in [1.82, 2.24) is 14.5 Å². The molecule has 1 aromatic rings. The zero-order valence-electron chi connectivity index (χ0n) is 9.27. The van der Waals surface area contributed by atoms with Crippen molar-refractivity contribution in [3.63, 3.8) is 0 Å². The second-order valence-electron chi connectivity index (χ2n) is 3.61. The number of hydrogen-bond donors (Lipinski definition) is 0. The molecule has 0 aliphatic heterocycles. The molecule has 0 saturated carbocycles. The van der Waals surface area contributed by atoms with Gasteiger partial charge >= 0.3 is 0 Å². The Morgan fingerprint density at radius 2 is 2.33 bits per heavy atom. The lowest BCUT2D eigenvalue weighted by atomic mass is 10.3. The first-order valence-electron chi connectivity index (χ1n) is 4.93. The maximum atomic E-state index is 11.7. The minimum absolute atomic E-state index is 0.116. The Hall–Kier alpha value is -1.03. The molecule has 0 bridgehead atoms. The van der Waals surface area contributed by atoms with Crippen molar-refractivity contribution < 1.29 is 4.79 Å². The molecule has 0 aromatic carbocycles. The summed E-state index contributed by atoms with van der Waals surface area (Å²) < 4.78 is 1.92. The van der Waals surface area contributed by atoms with E-state index in [9.17, 15) is 4.79 Å². The molecule has 1 aromatic heterocycles. The van der Waals surface area contributed by atoms with Crippen LogP contribution in [0.2, 0.25) is 0 Å². The Morgan fingerprint density at radius 1 is 1.67 bits per heavy atom. The van der Waals surface area contributed by atoms with E-state index in [-0.39, 0.29) is 5.91 Å². The van der Waals surface area contributed by atoms with Gasteiger partial charge in [-0.3, -0.25) is 4.79 Å². The normalized spacial score (nSPS) is 12.5. The molecule has 0 aliphatic carbocycles. The fraction of sp³-hybridized carbons (Fsp3) is 0.600. The summed E-state index contributed by atoms with van der Waals surface area (Å²) in [5.74, 6) is -0.116. The first-order valence-corrected chi connectivity index (χ1v) is 5.36. The number of halogens is 1. The number of carbonyl (C=O) groups excluding carboxylic acids is 1. The summed E-state index contributed by atoms with van der Waals surface area (Å²) in [6.07, 6.45) is 4.34. The van der Waals surface area contributed by atoms with Crippen molar-refractivity contribution in [2.75, 3.05) is 14.1 Å². The first-order chi connectivity index (χ1) is 7.07. The van der Waals surface area contributed by atoms with Crippen molar-refractivity contribution in [3.8, 4) is 0 Å². The maximum absolute atomic E-state index is 11.7. The summed E-state index contributed by atoms with van der Waals surface area (Å²) in [4.78, 5) is 17.1. The van der Waals surface area contributed by atoms with Gasteiger partial charge in [0.1, 0.15) is 0 Å². The Morgan fingerprint density at radius 3 is 2.87 bits per heavy atom. The highest BCUT2D eigenvalue weighted by Gasteiger charge is 2.22. The largest absolute Gasteiger partial charge is 0.347 e. The molecule has 1 rings (SSSR count). The van der Waals surface area contributed by atoms with Crippen molar-refractivity contribution in [3.05, 3.63) is 18.2 Å². The van der Waals surface area contributed by atoms with Gasteiger partial charge in [-0.15, -0.1) is 11.6 Å². The predicted molar refractivity (Wildman–Crippen MR) is 59.8 cm³/mol. The summed E-state index contributed by atoms with van der Waals surface area (Å²) in [5, 5.41) is -0.644. The lowest BCUT2D eigenvalue weighted by Crippen LogP contribution is -2.26. The molecule has 0 aliphatic rings. The van der Waals surface area contributed by atoms with Crippen molar-refractivity contribution in [2.24, 2.45) is 0 Å². The van der Waals surface area contributed by atoms with Crippen molar-refractivity contribution in [1.29, 1.82) is 0 Å². The minimum atomic E-state index is -0.644. The third kappa shape index (κ3) is 2.72. The zero-order valence-corrected chi connectivity index (χ0v) is 10.0. The zero-order chi connectivity index (χ0) is 11.4. The van der Waals surface area contributed by atoms with E-state index in [4.69, 9.17) is 11.6 Å². The molecule has 0 fully saturated rings. The molecule has 1 heterocycles. The van der Waals surface area contributed by atoms with Crippen LogP contribution in [0, 0.1) is 0 Å². The highest BCUT2D eigenvalue weighted by atomic mass is 35.5. The van der Waals surface area contributed by atoms with Gasteiger partial charge in [-0.25, -0.2) is 4.98 Å². The molecule has 84 valence electrons. The van der Waals surface area contributed by atoms with E-state index in [0.29, 0.717) is 0 Å². The van der Waals surface area contributed by atoms with E-state index in [0.717, 1.165) is 18.7 Å². The molecule has 0 saturated heterocycles. The third-order valence-corrected chi connectivity index (χ3v) is 2.54. The van der Waals surface area contributed by atoms with Crippen LogP contribution >= 0.6 is 11.6 Å². The number of alkyl halides is 1. The van der Waals surface area contributed by atoms with Gasteiger partial charge in [0.15, 0.2) is 5.38 Å². The lowest BCUT2D eigenvalue weighted by molar-refractivity contribution is -0.128. The third-order valence-electron chi connectivity index (χ3n) is 2.13. The number of nitrogens with zero attached hydrogens (tertiary/aromatic N) is 3. The average molecular weight is 230 g/mol. The SMILES string of the molecule is CCCn1cncc1C(Cl)C(=O)N(C)C. The Balaban J connectivity index is 2.85. The maximum Gasteiger partial charge on any atom is 0.246 e. The van der Waals surface area contributed by atoms with E-state index in [1.165, 1.54) is 4.90 Å². The minimum Gasteiger partial charge on any atom is -0.347 e. The quantitative estimate of drug-likeness (QED) is 0.737. The van der Waals surface area contributed by atoms with Gasteiger partial charge in [0.05, 0.1) is 18.2 Å². The molecule has 5 heteroatoms. The summed E-state index contributed by atoms with van der Waals surface area (Å²) in [6.45, 7) is 2.90. The number of rotatable bonds is 4. The Labute approximate surface area is 94.8 Å². The number of amides is 1. The van der Waals surface area contributed by atoms with Crippen LogP contribution in [0.1, 0.15) is 24.4 Å².